The van der Waals surface area contributed by atoms with E-state index >= 15 is 0 Å². The maximum absolute atomic E-state index is 12.5. The van der Waals surface area contributed by atoms with Gasteiger partial charge in [-0.15, -0.1) is 0 Å². The van der Waals surface area contributed by atoms with Crippen LogP contribution in [-0.4, -0.2) is 60.0 Å². The Hall–Kier alpha value is -2.60. The van der Waals surface area contributed by atoms with Crippen LogP contribution in [0.2, 0.25) is 0 Å². The monoisotopic (exact) mass is 326 g/mol. The number of rotatable bonds is 5. The normalized spacial score (nSPS) is 15.2. The van der Waals surface area contributed by atoms with E-state index in [-0.39, 0.29) is 5.91 Å². The Bertz CT molecular complexity index is 670. The number of nitrogens with two attached hydrogens (primary N) is 1. The second-order valence-electron chi connectivity index (χ2n) is 5.76. The molecule has 1 saturated heterocycles. The summed E-state index contributed by atoms with van der Waals surface area (Å²) >= 11 is 0. The number of nitrogens with zero attached hydrogens (tertiary/aromatic N) is 3. The molecule has 6 nitrogen and oxygen atoms in total. The Labute approximate surface area is 141 Å². The van der Waals surface area contributed by atoms with Gasteiger partial charge in [0.2, 0.25) is 0 Å². The minimum atomic E-state index is 0.0179. The van der Waals surface area contributed by atoms with Crippen molar-refractivity contribution in [3.8, 4) is 5.75 Å². The molecule has 24 heavy (non-hydrogen) atoms. The van der Waals surface area contributed by atoms with Crippen LogP contribution in [-0.2, 0) is 0 Å². The number of nitrogen functional groups attached to an aromatic ring is 1. The number of hydrogen-bond acceptors (Lipinski definition) is 5. The van der Waals surface area contributed by atoms with Gasteiger partial charge in [-0.2, -0.15) is 0 Å². The standard InChI is InChI=1S/C18H22N4O2/c19-17-14-15(6-7-20-17)18(23)22-10-8-21(9-11-22)12-13-24-16-4-2-1-3-5-16/h1-7,14H,8-13H2,(H2,19,20). The highest BCUT2D eigenvalue weighted by atomic mass is 16.5. The van der Waals surface area contributed by atoms with Gasteiger partial charge in [-0.3, -0.25) is 9.69 Å². The molecule has 0 saturated carbocycles. The van der Waals surface area contributed by atoms with E-state index in [0.717, 1.165) is 25.4 Å². The molecule has 0 atom stereocenters. The van der Waals surface area contributed by atoms with Crippen molar-refractivity contribution in [3.05, 3.63) is 54.2 Å². The van der Waals surface area contributed by atoms with E-state index in [2.05, 4.69) is 9.88 Å². The Morgan fingerprint density at radius 2 is 1.88 bits per heavy atom. The molecule has 1 aliphatic rings. The van der Waals surface area contributed by atoms with Crippen molar-refractivity contribution >= 4 is 11.7 Å². The molecule has 0 aliphatic carbocycles. The predicted molar refractivity (Wildman–Crippen MR) is 92.9 cm³/mol. The zero-order valence-corrected chi connectivity index (χ0v) is 13.6. The molecule has 0 radical (unpaired) electrons. The molecular weight excluding hydrogens is 304 g/mol. The van der Waals surface area contributed by atoms with Gasteiger partial charge < -0.3 is 15.4 Å². The lowest BCUT2D eigenvalue weighted by molar-refractivity contribution is 0.0620. The first-order valence-corrected chi connectivity index (χ1v) is 8.13. The number of benzene rings is 1. The van der Waals surface area contributed by atoms with Gasteiger partial charge in [0.05, 0.1) is 0 Å². The van der Waals surface area contributed by atoms with E-state index in [1.807, 2.05) is 35.2 Å². The Balaban J connectivity index is 1.43. The number of amides is 1. The molecular formula is C18H22N4O2. The summed E-state index contributed by atoms with van der Waals surface area (Å²) < 4.78 is 5.72. The minimum absolute atomic E-state index is 0.0179. The van der Waals surface area contributed by atoms with E-state index in [4.69, 9.17) is 10.5 Å². The van der Waals surface area contributed by atoms with Crippen molar-refractivity contribution < 1.29 is 9.53 Å². The smallest absolute Gasteiger partial charge is 0.254 e. The van der Waals surface area contributed by atoms with Gasteiger partial charge in [0.15, 0.2) is 0 Å². The SMILES string of the molecule is Nc1cc(C(=O)N2CCN(CCOc3ccccc3)CC2)ccn1. The minimum Gasteiger partial charge on any atom is -0.492 e. The average molecular weight is 326 g/mol. The molecule has 0 unspecified atom stereocenters. The van der Waals surface area contributed by atoms with Crippen LogP contribution < -0.4 is 10.5 Å². The molecule has 6 heteroatoms. The molecule has 0 bridgehead atoms. The molecule has 2 heterocycles. The highest BCUT2D eigenvalue weighted by Crippen LogP contribution is 2.11. The number of piperazine rings is 1. The Morgan fingerprint density at radius 1 is 1.12 bits per heavy atom. The number of carbonyl (C=O) groups is 1. The van der Waals surface area contributed by atoms with E-state index in [1.54, 1.807) is 18.3 Å². The third-order valence-electron chi connectivity index (χ3n) is 4.11. The summed E-state index contributed by atoms with van der Waals surface area (Å²) in [6, 6.07) is 13.1. The highest BCUT2D eigenvalue weighted by molar-refractivity contribution is 5.94. The lowest BCUT2D eigenvalue weighted by Crippen LogP contribution is -2.49. The van der Waals surface area contributed by atoms with E-state index < -0.39 is 0 Å². The first-order valence-electron chi connectivity index (χ1n) is 8.13. The van der Waals surface area contributed by atoms with Crippen LogP contribution >= 0.6 is 0 Å². The summed E-state index contributed by atoms with van der Waals surface area (Å²) in [5.41, 5.74) is 6.25. The van der Waals surface area contributed by atoms with Gasteiger partial charge in [-0.1, -0.05) is 18.2 Å². The summed E-state index contributed by atoms with van der Waals surface area (Å²) in [4.78, 5) is 20.6. The number of anilines is 1. The Morgan fingerprint density at radius 3 is 2.58 bits per heavy atom. The fraction of sp³-hybridized carbons (Fsp3) is 0.333. The van der Waals surface area contributed by atoms with Crippen LogP contribution in [0.5, 0.6) is 5.75 Å². The summed E-state index contributed by atoms with van der Waals surface area (Å²) in [6.45, 7) is 4.64. The summed E-state index contributed by atoms with van der Waals surface area (Å²) in [6.07, 6.45) is 1.57. The van der Waals surface area contributed by atoms with Crippen LogP contribution in [0.4, 0.5) is 5.82 Å². The highest BCUT2D eigenvalue weighted by Gasteiger charge is 2.22. The fourth-order valence-electron chi connectivity index (χ4n) is 2.75. The third-order valence-corrected chi connectivity index (χ3v) is 4.11. The molecule has 2 aromatic rings. The number of carbonyl (C=O) groups excluding carboxylic acids is 1. The zero-order valence-electron chi connectivity index (χ0n) is 13.6. The van der Waals surface area contributed by atoms with Crippen molar-refractivity contribution in [2.75, 3.05) is 45.1 Å². The summed E-state index contributed by atoms with van der Waals surface area (Å²) in [7, 11) is 0. The number of aromatic nitrogens is 1. The number of ether oxygens (including phenoxy) is 1. The van der Waals surface area contributed by atoms with Gasteiger partial charge in [-0.25, -0.2) is 4.98 Å². The maximum Gasteiger partial charge on any atom is 0.254 e. The lowest BCUT2D eigenvalue weighted by atomic mass is 10.2. The van der Waals surface area contributed by atoms with Gasteiger partial charge >= 0.3 is 0 Å². The van der Waals surface area contributed by atoms with E-state index in [0.29, 0.717) is 31.1 Å². The average Bonchev–Trinajstić information content (AvgIpc) is 2.63. The second-order valence-corrected chi connectivity index (χ2v) is 5.76. The van der Waals surface area contributed by atoms with Crippen LogP contribution in [0, 0.1) is 0 Å². The van der Waals surface area contributed by atoms with Crippen LogP contribution in [0.1, 0.15) is 10.4 Å². The molecule has 1 aliphatic heterocycles. The molecule has 1 amide bonds. The number of hydrogen-bond donors (Lipinski definition) is 1. The van der Waals surface area contributed by atoms with E-state index in [1.165, 1.54) is 0 Å². The summed E-state index contributed by atoms with van der Waals surface area (Å²) in [5.74, 6) is 1.28. The third kappa shape index (κ3) is 4.23. The van der Waals surface area contributed by atoms with Gasteiger partial charge in [0, 0.05) is 44.5 Å². The van der Waals surface area contributed by atoms with Crippen molar-refractivity contribution in [1.29, 1.82) is 0 Å². The maximum atomic E-state index is 12.5. The van der Waals surface area contributed by atoms with Crippen LogP contribution in [0.3, 0.4) is 0 Å². The van der Waals surface area contributed by atoms with Crippen molar-refractivity contribution in [2.45, 2.75) is 0 Å². The molecule has 0 spiro atoms. The summed E-state index contributed by atoms with van der Waals surface area (Å²) in [5, 5.41) is 0. The van der Waals surface area contributed by atoms with Gasteiger partial charge in [0.1, 0.15) is 18.2 Å². The topological polar surface area (TPSA) is 71.7 Å². The van der Waals surface area contributed by atoms with Crippen molar-refractivity contribution in [1.82, 2.24) is 14.8 Å². The van der Waals surface area contributed by atoms with Crippen molar-refractivity contribution in [3.63, 3.8) is 0 Å². The molecule has 3 rings (SSSR count). The molecule has 1 aromatic carbocycles. The quantitative estimate of drug-likeness (QED) is 0.901. The van der Waals surface area contributed by atoms with Crippen LogP contribution in [0.25, 0.3) is 0 Å². The number of para-hydroxylation sites is 1. The molecule has 126 valence electrons. The van der Waals surface area contributed by atoms with Gasteiger partial charge in [-0.05, 0) is 24.3 Å². The second kappa shape index (κ2) is 7.79. The van der Waals surface area contributed by atoms with Crippen molar-refractivity contribution in [2.24, 2.45) is 0 Å². The largest absolute Gasteiger partial charge is 0.492 e. The first kappa shape index (κ1) is 16.3. The zero-order chi connectivity index (χ0) is 16.8. The first-order chi connectivity index (χ1) is 11.7. The van der Waals surface area contributed by atoms with Gasteiger partial charge in [0.25, 0.3) is 5.91 Å². The number of pyridine rings is 1. The lowest BCUT2D eigenvalue weighted by Gasteiger charge is -2.34. The molecule has 1 aromatic heterocycles. The van der Waals surface area contributed by atoms with E-state index in [9.17, 15) is 4.79 Å². The van der Waals surface area contributed by atoms with Crippen LogP contribution in [0.15, 0.2) is 48.7 Å². The fourth-order valence-corrected chi connectivity index (χ4v) is 2.75. The molecule has 1 fully saturated rings. The Kier molecular flexibility index (Phi) is 5.28. The predicted octanol–water partition coefficient (Wildman–Crippen LogP) is 1.50. The molecule has 2 N–H and O–H groups in total.